The summed E-state index contributed by atoms with van der Waals surface area (Å²) in [4.78, 5) is 27.7. The van der Waals surface area contributed by atoms with Crippen LogP contribution in [0, 0.1) is 0 Å². The van der Waals surface area contributed by atoms with Crippen LogP contribution in [0.5, 0.6) is 0 Å². The van der Waals surface area contributed by atoms with Crippen molar-refractivity contribution in [3.8, 4) is 0 Å². The number of rotatable bonds is 3. The molecule has 0 spiro atoms. The van der Waals surface area contributed by atoms with Crippen LogP contribution < -0.4 is 5.56 Å². The lowest BCUT2D eigenvalue weighted by molar-refractivity contribution is 0.0305. The van der Waals surface area contributed by atoms with Crippen molar-refractivity contribution in [1.29, 1.82) is 0 Å². The van der Waals surface area contributed by atoms with Crippen LogP contribution in [0.2, 0.25) is 0 Å². The number of aromatic amines is 1. The van der Waals surface area contributed by atoms with Gasteiger partial charge in [-0.15, -0.1) is 0 Å². The molecule has 0 radical (unpaired) electrons. The lowest BCUT2D eigenvalue weighted by atomic mass is 10.1. The largest absolute Gasteiger partial charge is 0.381 e. The van der Waals surface area contributed by atoms with Gasteiger partial charge in [0.15, 0.2) is 0 Å². The Hall–Kier alpha value is -1.62. The third-order valence-corrected chi connectivity index (χ3v) is 3.26. The third-order valence-electron chi connectivity index (χ3n) is 3.26. The third kappa shape index (κ3) is 2.79. The molecule has 1 saturated heterocycles. The average molecular weight is 250 g/mol. The number of ether oxygens (including phenoxy) is 1. The van der Waals surface area contributed by atoms with Gasteiger partial charge < -0.3 is 14.6 Å². The van der Waals surface area contributed by atoms with E-state index < -0.39 is 0 Å². The van der Waals surface area contributed by atoms with Gasteiger partial charge in [0.1, 0.15) is 0 Å². The van der Waals surface area contributed by atoms with E-state index in [2.05, 4.69) is 4.98 Å². The zero-order chi connectivity index (χ0) is 13.0. The Balaban J connectivity index is 2.13. The van der Waals surface area contributed by atoms with Crippen LogP contribution in [0.15, 0.2) is 23.1 Å². The number of amides is 1. The number of hydrogen-bond donors (Lipinski definition) is 1. The van der Waals surface area contributed by atoms with Gasteiger partial charge in [0.2, 0.25) is 5.56 Å². The number of carbonyl (C=O) groups excluding carboxylic acids is 1. The van der Waals surface area contributed by atoms with Gasteiger partial charge in [-0.3, -0.25) is 9.59 Å². The standard InChI is InChI=1S/C13H18N2O3/c1-2-15(11-5-7-18-8-6-11)13(17)10-3-4-12(16)14-9-10/h3-4,9,11H,2,5-8H2,1H3,(H,14,16). The molecule has 0 aliphatic carbocycles. The van der Waals surface area contributed by atoms with Gasteiger partial charge in [-0.05, 0) is 25.8 Å². The van der Waals surface area contributed by atoms with Crippen molar-refractivity contribution in [1.82, 2.24) is 9.88 Å². The molecule has 0 aromatic carbocycles. The van der Waals surface area contributed by atoms with Crippen LogP contribution in [-0.4, -0.2) is 41.6 Å². The fraction of sp³-hybridized carbons (Fsp3) is 0.538. The van der Waals surface area contributed by atoms with E-state index in [0.29, 0.717) is 25.3 Å². The molecule has 0 bridgehead atoms. The SMILES string of the molecule is CCN(C(=O)c1ccc(=O)[nH]c1)C1CCOCC1. The average Bonchev–Trinajstić information content (AvgIpc) is 2.41. The van der Waals surface area contributed by atoms with Crippen LogP contribution in [0.4, 0.5) is 0 Å². The zero-order valence-corrected chi connectivity index (χ0v) is 10.5. The summed E-state index contributed by atoms with van der Waals surface area (Å²) in [5.41, 5.74) is 0.337. The molecule has 5 heteroatoms. The lowest BCUT2D eigenvalue weighted by Gasteiger charge is -2.33. The van der Waals surface area contributed by atoms with Crippen LogP contribution in [0.1, 0.15) is 30.1 Å². The number of hydrogen-bond acceptors (Lipinski definition) is 3. The van der Waals surface area contributed by atoms with E-state index in [1.54, 1.807) is 6.07 Å². The number of aromatic nitrogens is 1. The van der Waals surface area contributed by atoms with E-state index in [4.69, 9.17) is 4.74 Å². The number of pyridine rings is 1. The van der Waals surface area contributed by atoms with Gasteiger partial charge >= 0.3 is 0 Å². The molecule has 98 valence electrons. The molecule has 1 N–H and O–H groups in total. The highest BCUT2D eigenvalue weighted by Crippen LogP contribution is 2.16. The molecule has 18 heavy (non-hydrogen) atoms. The number of H-pyrrole nitrogens is 1. The van der Waals surface area contributed by atoms with Crippen molar-refractivity contribution in [3.63, 3.8) is 0 Å². The van der Waals surface area contributed by atoms with Crippen LogP contribution in [-0.2, 0) is 4.74 Å². The number of carbonyl (C=O) groups is 1. The second-order valence-corrected chi connectivity index (χ2v) is 4.38. The summed E-state index contributed by atoms with van der Waals surface area (Å²) in [5, 5.41) is 0. The van der Waals surface area contributed by atoms with E-state index in [9.17, 15) is 9.59 Å². The van der Waals surface area contributed by atoms with Crippen molar-refractivity contribution >= 4 is 5.91 Å². The zero-order valence-electron chi connectivity index (χ0n) is 10.5. The molecule has 1 amide bonds. The van der Waals surface area contributed by atoms with Crippen molar-refractivity contribution in [3.05, 3.63) is 34.2 Å². The summed E-state index contributed by atoms with van der Waals surface area (Å²) in [6, 6.07) is 3.19. The first-order chi connectivity index (χ1) is 8.72. The highest BCUT2D eigenvalue weighted by molar-refractivity contribution is 5.94. The van der Waals surface area contributed by atoms with Crippen molar-refractivity contribution in [2.75, 3.05) is 19.8 Å². The molecular formula is C13H18N2O3. The first-order valence-electron chi connectivity index (χ1n) is 6.30. The van der Waals surface area contributed by atoms with Gasteiger partial charge in [-0.2, -0.15) is 0 Å². The highest BCUT2D eigenvalue weighted by Gasteiger charge is 2.25. The van der Waals surface area contributed by atoms with Gasteiger partial charge in [-0.25, -0.2) is 0 Å². The summed E-state index contributed by atoms with van der Waals surface area (Å²) in [5.74, 6) is -0.0272. The van der Waals surface area contributed by atoms with Crippen molar-refractivity contribution < 1.29 is 9.53 Å². The maximum atomic E-state index is 12.3. The van der Waals surface area contributed by atoms with Gasteiger partial charge in [-0.1, -0.05) is 0 Å². The van der Waals surface area contributed by atoms with Crippen molar-refractivity contribution in [2.24, 2.45) is 0 Å². The second-order valence-electron chi connectivity index (χ2n) is 4.38. The predicted octanol–water partition coefficient (Wildman–Crippen LogP) is 1.02. The molecule has 0 unspecified atom stereocenters. The molecule has 0 atom stereocenters. The highest BCUT2D eigenvalue weighted by atomic mass is 16.5. The first-order valence-corrected chi connectivity index (χ1v) is 6.30. The predicted molar refractivity (Wildman–Crippen MR) is 67.6 cm³/mol. The summed E-state index contributed by atoms with van der Waals surface area (Å²) >= 11 is 0. The number of nitrogens with one attached hydrogen (secondary N) is 1. The van der Waals surface area contributed by atoms with Crippen LogP contribution >= 0.6 is 0 Å². The van der Waals surface area contributed by atoms with Gasteiger partial charge in [0.25, 0.3) is 5.91 Å². The van der Waals surface area contributed by atoms with E-state index in [-0.39, 0.29) is 17.5 Å². The molecule has 5 nitrogen and oxygen atoms in total. The second kappa shape index (κ2) is 5.82. The quantitative estimate of drug-likeness (QED) is 0.871. The molecule has 0 saturated carbocycles. The number of nitrogens with zero attached hydrogens (tertiary/aromatic N) is 1. The Morgan fingerprint density at radius 1 is 1.44 bits per heavy atom. The molecule has 1 aliphatic heterocycles. The maximum Gasteiger partial charge on any atom is 0.255 e. The fourth-order valence-corrected chi connectivity index (χ4v) is 2.27. The summed E-state index contributed by atoms with van der Waals surface area (Å²) < 4.78 is 5.31. The Bertz CT molecular complexity index is 443. The summed E-state index contributed by atoms with van der Waals surface area (Å²) in [6.45, 7) is 4.06. The Morgan fingerprint density at radius 3 is 2.72 bits per heavy atom. The first kappa shape index (κ1) is 12.8. The minimum Gasteiger partial charge on any atom is -0.381 e. The minimum atomic E-state index is -0.194. The monoisotopic (exact) mass is 250 g/mol. The topological polar surface area (TPSA) is 62.4 Å². The lowest BCUT2D eigenvalue weighted by Crippen LogP contribution is -2.43. The molecule has 2 rings (SSSR count). The Morgan fingerprint density at radius 2 is 2.17 bits per heavy atom. The summed E-state index contributed by atoms with van der Waals surface area (Å²) in [6.07, 6.45) is 3.23. The van der Waals surface area contributed by atoms with Crippen molar-refractivity contribution in [2.45, 2.75) is 25.8 Å². The summed E-state index contributed by atoms with van der Waals surface area (Å²) in [7, 11) is 0. The maximum absolute atomic E-state index is 12.3. The Labute approximate surface area is 106 Å². The Kier molecular flexibility index (Phi) is 4.15. The molecule has 1 aliphatic rings. The molecule has 1 fully saturated rings. The fourth-order valence-electron chi connectivity index (χ4n) is 2.27. The van der Waals surface area contributed by atoms with E-state index >= 15 is 0 Å². The molecular weight excluding hydrogens is 232 g/mol. The van der Waals surface area contributed by atoms with Gasteiger partial charge in [0.05, 0.1) is 5.56 Å². The smallest absolute Gasteiger partial charge is 0.255 e. The van der Waals surface area contributed by atoms with E-state index in [1.807, 2.05) is 11.8 Å². The van der Waals surface area contributed by atoms with Gasteiger partial charge in [0, 0.05) is 38.1 Å². The van der Waals surface area contributed by atoms with E-state index in [1.165, 1.54) is 12.3 Å². The molecule has 2 heterocycles. The van der Waals surface area contributed by atoms with E-state index in [0.717, 1.165) is 12.8 Å². The molecule has 1 aromatic rings. The van der Waals surface area contributed by atoms with Crippen LogP contribution in [0.3, 0.4) is 0 Å². The molecule has 1 aromatic heterocycles. The van der Waals surface area contributed by atoms with Crippen LogP contribution in [0.25, 0.3) is 0 Å². The minimum absolute atomic E-state index is 0.0272. The normalized spacial score (nSPS) is 16.5.